The van der Waals surface area contributed by atoms with Crippen molar-refractivity contribution in [2.24, 2.45) is 5.92 Å². The predicted molar refractivity (Wildman–Crippen MR) is 155 cm³/mol. The summed E-state index contributed by atoms with van der Waals surface area (Å²) in [5, 5.41) is 6.15. The number of piperazine rings is 1. The third kappa shape index (κ3) is 7.13. The Morgan fingerprint density at radius 1 is 1.05 bits per heavy atom. The van der Waals surface area contributed by atoms with Gasteiger partial charge in [-0.05, 0) is 62.1 Å². The molecule has 1 aliphatic heterocycles. The number of hydrogen-bond donors (Lipinski definition) is 2. The average molecular weight is 570 g/mol. The Balaban J connectivity index is 1.59. The SMILES string of the molecule is Cc1cc(C)cc([C@H](c2ccc(F)cc2)[C@H](C)C(=O)Nc2cccc(F)c2CC[C@H]2CNCCN2S(C)(=O)=O)c1. The van der Waals surface area contributed by atoms with Crippen LogP contribution >= 0.6 is 0 Å². The van der Waals surface area contributed by atoms with Crippen molar-refractivity contribution in [3.05, 3.63) is 100 Å². The molecule has 1 aliphatic rings. The summed E-state index contributed by atoms with van der Waals surface area (Å²) in [6, 6.07) is 16.5. The van der Waals surface area contributed by atoms with Crippen molar-refractivity contribution in [1.82, 2.24) is 9.62 Å². The first-order valence-electron chi connectivity index (χ1n) is 13.5. The van der Waals surface area contributed by atoms with Crippen LogP contribution < -0.4 is 10.6 Å². The third-order valence-corrected chi connectivity index (χ3v) is 8.90. The average Bonchev–Trinajstić information content (AvgIpc) is 2.88. The Morgan fingerprint density at radius 2 is 1.73 bits per heavy atom. The molecule has 0 saturated carbocycles. The number of sulfonamides is 1. The molecule has 1 fully saturated rings. The molecule has 9 heteroatoms. The molecular weight excluding hydrogens is 532 g/mol. The number of carbonyl (C=O) groups excluding carboxylic acids is 1. The molecule has 3 aromatic carbocycles. The number of rotatable bonds is 9. The van der Waals surface area contributed by atoms with Gasteiger partial charge < -0.3 is 10.6 Å². The van der Waals surface area contributed by atoms with Gasteiger partial charge in [0.2, 0.25) is 15.9 Å². The topological polar surface area (TPSA) is 78.5 Å². The highest BCUT2D eigenvalue weighted by Crippen LogP contribution is 2.35. The van der Waals surface area contributed by atoms with Crippen LogP contribution in [0.2, 0.25) is 0 Å². The quantitative estimate of drug-likeness (QED) is 0.374. The number of halogens is 2. The zero-order valence-electron chi connectivity index (χ0n) is 23.4. The van der Waals surface area contributed by atoms with E-state index in [0.29, 0.717) is 37.3 Å². The van der Waals surface area contributed by atoms with E-state index in [1.54, 1.807) is 24.3 Å². The summed E-state index contributed by atoms with van der Waals surface area (Å²) in [6.07, 6.45) is 1.85. The summed E-state index contributed by atoms with van der Waals surface area (Å²) in [5.41, 5.74) is 4.57. The minimum absolute atomic E-state index is 0.257. The van der Waals surface area contributed by atoms with Gasteiger partial charge in [-0.15, -0.1) is 0 Å². The molecule has 0 spiro atoms. The molecule has 0 aromatic heterocycles. The second-order valence-corrected chi connectivity index (χ2v) is 12.7. The monoisotopic (exact) mass is 569 g/mol. The van der Waals surface area contributed by atoms with Gasteiger partial charge in [0.05, 0.1) is 6.26 Å². The standard InChI is InChI=1S/C31H37F2N3O3S/c1-20-16-21(2)18-24(17-20)30(23-8-10-25(32)11-9-23)22(3)31(37)35-29-7-5-6-28(33)27(29)13-12-26-19-34-14-15-36(26)40(4,38)39/h5-11,16-18,22,26,30,34H,12-15,19H2,1-4H3,(H,35,37)/t22-,26-,30-/m0/s1. The van der Waals surface area contributed by atoms with Gasteiger partial charge in [0.25, 0.3) is 0 Å². The zero-order valence-corrected chi connectivity index (χ0v) is 24.2. The summed E-state index contributed by atoms with van der Waals surface area (Å²) in [7, 11) is -3.39. The number of aryl methyl sites for hydroxylation is 2. The van der Waals surface area contributed by atoms with Gasteiger partial charge in [0.1, 0.15) is 11.6 Å². The molecule has 3 atom stereocenters. The number of nitrogens with one attached hydrogen (secondary N) is 2. The van der Waals surface area contributed by atoms with Crippen molar-refractivity contribution in [3.63, 3.8) is 0 Å². The molecule has 2 N–H and O–H groups in total. The fourth-order valence-corrected chi connectivity index (χ4v) is 6.84. The molecule has 0 aliphatic carbocycles. The minimum Gasteiger partial charge on any atom is -0.325 e. The lowest BCUT2D eigenvalue weighted by molar-refractivity contribution is -0.119. The van der Waals surface area contributed by atoms with Crippen molar-refractivity contribution in [2.75, 3.05) is 31.2 Å². The molecule has 0 unspecified atom stereocenters. The van der Waals surface area contributed by atoms with Crippen LogP contribution in [0.3, 0.4) is 0 Å². The zero-order chi connectivity index (χ0) is 29.0. The second kappa shape index (κ2) is 12.6. The highest BCUT2D eigenvalue weighted by atomic mass is 32.2. The Hall–Kier alpha value is -3.14. The first-order chi connectivity index (χ1) is 18.9. The number of carbonyl (C=O) groups is 1. The highest BCUT2D eigenvalue weighted by Gasteiger charge is 2.31. The Morgan fingerprint density at radius 3 is 2.38 bits per heavy atom. The summed E-state index contributed by atoms with van der Waals surface area (Å²) >= 11 is 0. The van der Waals surface area contributed by atoms with Crippen molar-refractivity contribution in [3.8, 4) is 0 Å². The summed E-state index contributed by atoms with van der Waals surface area (Å²) in [4.78, 5) is 13.7. The van der Waals surface area contributed by atoms with Crippen LogP contribution in [0.4, 0.5) is 14.5 Å². The van der Waals surface area contributed by atoms with Gasteiger partial charge in [-0.3, -0.25) is 4.79 Å². The lowest BCUT2D eigenvalue weighted by Crippen LogP contribution is -2.53. The summed E-state index contributed by atoms with van der Waals surface area (Å²) < 4.78 is 54.8. The number of benzene rings is 3. The van der Waals surface area contributed by atoms with Crippen molar-refractivity contribution < 1.29 is 22.0 Å². The molecule has 1 amide bonds. The van der Waals surface area contributed by atoms with E-state index in [1.807, 2.05) is 32.9 Å². The number of nitrogens with zero attached hydrogens (tertiary/aromatic N) is 1. The molecule has 1 heterocycles. The van der Waals surface area contributed by atoms with E-state index in [2.05, 4.69) is 16.7 Å². The lowest BCUT2D eigenvalue weighted by Gasteiger charge is -2.34. The maximum Gasteiger partial charge on any atom is 0.228 e. The van der Waals surface area contributed by atoms with Crippen LogP contribution in [0.5, 0.6) is 0 Å². The molecule has 0 radical (unpaired) electrons. The van der Waals surface area contributed by atoms with E-state index in [-0.39, 0.29) is 30.1 Å². The fraction of sp³-hybridized carbons (Fsp3) is 0.387. The Labute approximate surface area is 235 Å². The van der Waals surface area contributed by atoms with E-state index >= 15 is 4.39 Å². The van der Waals surface area contributed by atoms with E-state index in [0.717, 1.165) is 22.3 Å². The van der Waals surface area contributed by atoms with Crippen molar-refractivity contribution in [1.29, 1.82) is 0 Å². The largest absolute Gasteiger partial charge is 0.325 e. The normalized spacial score (nSPS) is 17.8. The minimum atomic E-state index is -3.39. The first kappa shape index (κ1) is 29.8. The Kier molecular flexibility index (Phi) is 9.38. The molecule has 3 aromatic rings. The van der Waals surface area contributed by atoms with Crippen LogP contribution in [0.25, 0.3) is 0 Å². The number of anilines is 1. The van der Waals surface area contributed by atoms with Crippen LogP contribution in [-0.2, 0) is 21.2 Å². The smallest absolute Gasteiger partial charge is 0.228 e. The molecular formula is C31H37F2N3O3S. The van der Waals surface area contributed by atoms with Crippen molar-refractivity contribution >= 4 is 21.6 Å². The van der Waals surface area contributed by atoms with Crippen LogP contribution in [-0.4, -0.2) is 50.6 Å². The van der Waals surface area contributed by atoms with Crippen LogP contribution in [0, 0.1) is 31.4 Å². The number of hydrogen-bond acceptors (Lipinski definition) is 4. The van der Waals surface area contributed by atoms with E-state index in [1.165, 1.54) is 28.8 Å². The van der Waals surface area contributed by atoms with Gasteiger partial charge >= 0.3 is 0 Å². The van der Waals surface area contributed by atoms with Gasteiger partial charge in [-0.1, -0.05) is 54.4 Å². The second-order valence-electron chi connectivity index (χ2n) is 10.8. The van der Waals surface area contributed by atoms with Crippen LogP contribution in [0.1, 0.15) is 47.1 Å². The molecule has 214 valence electrons. The molecule has 1 saturated heterocycles. The first-order valence-corrected chi connectivity index (χ1v) is 15.4. The third-order valence-electron chi connectivity index (χ3n) is 7.57. The van der Waals surface area contributed by atoms with Crippen molar-refractivity contribution in [2.45, 2.75) is 45.6 Å². The number of amides is 1. The van der Waals surface area contributed by atoms with Gasteiger partial charge in [-0.2, -0.15) is 4.31 Å². The van der Waals surface area contributed by atoms with Crippen LogP contribution in [0.15, 0.2) is 60.7 Å². The molecule has 4 rings (SSSR count). The maximum absolute atomic E-state index is 15.1. The lowest BCUT2D eigenvalue weighted by atomic mass is 9.80. The maximum atomic E-state index is 15.1. The summed E-state index contributed by atoms with van der Waals surface area (Å²) in [5.74, 6) is -2.02. The van der Waals surface area contributed by atoms with E-state index in [4.69, 9.17) is 0 Å². The van der Waals surface area contributed by atoms with Gasteiger partial charge in [0.15, 0.2) is 0 Å². The fourth-order valence-electron chi connectivity index (χ4n) is 5.69. The Bertz CT molecular complexity index is 1440. The molecule has 0 bridgehead atoms. The predicted octanol–water partition coefficient (Wildman–Crippen LogP) is 5.15. The molecule has 40 heavy (non-hydrogen) atoms. The molecule has 6 nitrogen and oxygen atoms in total. The highest BCUT2D eigenvalue weighted by molar-refractivity contribution is 7.88. The van der Waals surface area contributed by atoms with E-state index in [9.17, 15) is 17.6 Å². The summed E-state index contributed by atoms with van der Waals surface area (Å²) in [6.45, 7) is 7.22. The van der Waals surface area contributed by atoms with Gasteiger partial charge in [0, 0.05) is 48.8 Å². The van der Waals surface area contributed by atoms with Gasteiger partial charge in [-0.25, -0.2) is 17.2 Å². The van der Waals surface area contributed by atoms with E-state index < -0.39 is 21.8 Å².